The molecule has 0 spiro atoms. The topological polar surface area (TPSA) is 15.3 Å². The van der Waals surface area contributed by atoms with Crippen molar-refractivity contribution in [1.82, 2.24) is 0 Å². The molecule has 1 unspecified atom stereocenters. The van der Waals surface area contributed by atoms with Crippen molar-refractivity contribution < 1.29 is 0 Å². The van der Waals surface area contributed by atoms with Gasteiger partial charge in [0.1, 0.15) is 0 Å². The van der Waals surface area contributed by atoms with Gasteiger partial charge in [0.15, 0.2) is 0 Å². The number of allylic oxidation sites excluding steroid dienone is 2. The van der Waals surface area contributed by atoms with Crippen LogP contribution in [0.15, 0.2) is 81.6 Å². The molecule has 4 rings (SSSR count). The molecular weight excluding hydrogens is 332 g/mol. The highest BCUT2D eigenvalue weighted by atomic mass is 32.2. The third-order valence-corrected chi connectivity index (χ3v) is 6.32. The molecule has 0 saturated carbocycles. The lowest BCUT2D eigenvalue weighted by atomic mass is 10.3. The molecule has 0 amide bonds. The second-order valence-corrected chi connectivity index (χ2v) is 8.04. The van der Waals surface area contributed by atoms with E-state index in [9.17, 15) is 0 Å². The van der Waals surface area contributed by atoms with Gasteiger partial charge in [-0.3, -0.25) is 0 Å². The average Bonchev–Trinajstić information content (AvgIpc) is 3.17. The van der Waals surface area contributed by atoms with E-state index in [1.807, 2.05) is 23.5 Å². The Balaban J connectivity index is 1.48. The van der Waals surface area contributed by atoms with Crippen LogP contribution in [0.3, 0.4) is 0 Å². The fourth-order valence-electron chi connectivity index (χ4n) is 2.97. The number of para-hydroxylation sites is 2. The normalized spacial score (nSPS) is 20.5. The van der Waals surface area contributed by atoms with E-state index in [1.54, 1.807) is 0 Å². The van der Waals surface area contributed by atoms with Gasteiger partial charge in [-0.15, -0.1) is 0 Å². The highest BCUT2D eigenvalue weighted by Gasteiger charge is 2.23. The number of benzene rings is 2. The third kappa shape index (κ3) is 3.08. The number of fused-ring (bicyclic) bond motifs is 2. The largest absolute Gasteiger partial charge is 0.369 e. The molecule has 2 aromatic rings. The minimum Gasteiger partial charge on any atom is -0.369 e. The minimum absolute atomic E-state index is 0.313. The summed E-state index contributed by atoms with van der Waals surface area (Å²) in [5.74, 6) is 0. The maximum Gasteiger partial charge on any atom is 0.0960 e. The van der Waals surface area contributed by atoms with Gasteiger partial charge in [-0.2, -0.15) is 0 Å². The number of hydrogen-bond donors (Lipinski definition) is 1. The molecule has 2 aliphatic heterocycles. The van der Waals surface area contributed by atoms with Gasteiger partial charge in [0.25, 0.3) is 0 Å². The molecule has 0 radical (unpaired) electrons. The molecule has 2 nitrogen and oxygen atoms in total. The van der Waals surface area contributed by atoms with E-state index in [1.165, 1.54) is 26.2 Å². The number of nitrogens with one attached hydrogen (secondary N) is 1. The van der Waals surface area contributed by atoms with Crippen LogP contribution in [-0.4, -0.2) is 11.9 Å². The lowest BCUT2D eigenvalue weighted by molar-refractivity contribution is 0.873. The Labute approximate surface area is 152 Å². The van der Waals surface area contributed by atoms with Crippen molar-refractivity contribution in [2.24, 2.45) is 0 Å². The van der Waals surface area contributed by atoms with Crippen molar-refractivity contribution in [2.75, 3.05) is 16.8 Å². The first-order chi connectivity index (χ1) is 11.8. The first-order valence-corrected chi connectivity index (χ1v) is 10.00. The monoisotopic (exact) mass is 352 g/mol. The van der Waals surface area contributed by atoms with E-state index >= 15 is 0 Å². The van der Waals surface area contributed by atoms with Crippen LogP contribution in [0.5, 0.6) is 0 Å². The van der Waals surface area contributed by atoms with Crippen LogP contribution in [0.2, 0.25) is 0 Å². The third-order valence-electron chi connectivity index (χ3n) is 4.05. The van der Waals surface area contributed by atoms with Crippen molar-refractivity contribution in [1.29, 1.82) is 0 Å². The quantitative estimate of drug-likeness (QED) is 0.731. The summed E-state index contributed by atoms with van der Waals surface area (Å²) in [6.07, 6.45) is 7.82. The maximum atomic E-state index is 3.54. The predicted molar refractivity (Wildman–Crippen MR) is 107 cm³/mol. The van der Waals surface area contributed by atoms with Crippen LogP contribution in [-0.2, 0) is 0 Å². The lowest BCUT2D eigenvalue weighted by Gasteiger charge is -2.19. The molecule has 2 heterocycles. The summed E-state index contributed by atoms with van der Waals surface area (Å²) in [6.45, 7) is 3.29. The Morgan fingerprint density at radius 1 is 1.08 bits per heavy atom. The van der Waals surface area contributed by atoms with Gasteiger partial charge in [-0.1, -0.05) is 66.9 Å². The van der Waals surface area contributed by atoms with Crippen molar-refractivity contribution in [3.63, 3.8) is 0 Å². The minimum atomic E-state index is 0.313. The van der Waals surface area contributed by atoms with Crippen molar-refractivity contribution in [3.8, 4) is 0 Å². The summed E-state index contributed by atoms with van der Waals surface area (Å²) in [7, 11) is 0. The van der Waals surface area contributed by atoms with Gasteiger partial charge in [0, 0.05) is 22.0 Å². The highest BCUT2D eigenvalue weighted by molar-refractivity contribution is 8.03. The van der Waals surface area contributed by atoms with Gasteiger partial charge < -0.3 is 10.2 Å². The second-order valence-electron chi connectivity index (χ2n) is 5.79. The SMILES string of the molecule is CCCN1C(=CC=CC2Nc3ccccc3S2)Sc2ccccc21. The molecule has 0 fully saturated rings. The molecule has 1 atom stereocenters. The second kappa shape index (κ2) is 6.99. The molecular formula is C20H20N2S2. The molecule has 0 aliphatic carbocycles. The van der Waals surface area contributed by atoms with E-state index in [0.29, 0.717) is 5.37 Å². The van der Waals surface area contributed by atoms with Crippen molar-refractivity contribution in [2.45, 2.75) is 28.5 Å². The number of rotatable bonds is 4. The van der Waals surface area contributed by atoms with Gasteiger partial charge in [-0.25, -0.2) is 0 Å². The fraction of sp³-hybridized carbons (Fsp3) is 0.200. The number of thioether (sulfide) groups is 2. The molecule has 0 bridgehead atoms. The van der Waals surface area contributed by atoms with Gasteiger partial charge in [0.2, 0.25) is 0 Å². The predicted octanol–water partition coefficient (Wildman–Crippen LogP) is 5.95. The summed E-state index contributed by atoms with van der Waals surface area (Å²) >= 11 is 3.73. The zero-order valence-corrected chi connectivity index (χ0v) is 15.2. The van der Waals surface area contributed by atoms with Crippen molar-refractivity contribution >= 4 is 34.9 Å². The van der Waals surface area contributed by atoms with E-state index in [4.69, 9.17) is 0 Å². The molecule has 0 aromatic heterocycles. The van der Waals surface area contributed by atoms with Crippen LogP contribution in [0, 0.1) is 0 Å². The Morgan fingerprint density at radius 2 is 1.88 bits per heavy atom. The number of hydrogen-bond acceptors (Lipinski definition) is 4. The van der Waals surface area contributed by atoms with Crippen LogP contribution in [0.4, 0.5) is 11.4 Å². The van der Waals surface area contributed by atoms with Crippen LogP contribution >= 0.6 is 23.5 Å². The summed E-state index contributed by atoms with van der Waals surface area (Å²) in [5, 5.41) is 5.17. The van der Waals surface area contributed by atoms with Gasteiger partial charge >= 0.3 is 0 Å². The molecule has 24 heavy (non-hydrogen) atoms. The lowest BCUT2D eigenvalue weighted by Crippen LogP contribution is -2.18. The summed E-state index contributed by atoms with van der Waals surface area (Å²) in [6, 6.07) is 17.1. The standard InChI is InChI=1S/C20H20N2S2/c1-2-14-22-16-9-4-6-11-18(16)24-20(22)13-7-12-19-21-15-8-3-5-10-17(15)23-19/h3-13,19,21H,2,14H2,1H3. The van der Waals surface area contributed by atoms with Gasteiger partial charge in [0.05, 0.1) is 16.1 Å². The number of anilines is 2. The summed E-state index contributed by atoms with van der Waals surface area (Å²) in [5.41, 5.74) is 2.57. The molecule has 4 heteroatoms. The van der Waals surface area contributed by atoms with E-state index < -0.39 is 0 Å². The van der Waals surface area contributed by atoms with Crippen molar-refractivity contribution in [3.05, 3.63) is 71.8 Å². The molecule has 122 valence electrons. The molecule has 2 aromatic carbocycles. The maximum absolute atomic E-state index is 3.54. The zero-order chi connectivity index (χ0) is 16.4. The molecule has 0 saturated heterocycles. The first-order valence-electron chi connectivity index (χ1n) is 8.30. The van der Waals surface area contributed by atoms with Crippen LogP contribution < -0.4 is 10.2 Å². The van der Waals surface area contributed by atoms with Crippen LogP contribution in [0.25, 0.3) is 0 Å². The fourth-order valence-corrected chi connectivity index (χ4v) is 5.11. The summed E-state index contributed by atoms with van der Waals surface area (Å²) < 4.78 is 0. The Hall–Kier alpha value is -1.78. The Morgan fingerprint density at radius 3 is 2.71 bits per heavy atom. The molecule has 2 aliphatic rings. The Kier molecular flexibility index (Phi) is 4.58. The Bertz CT molecular complexity index is 773. The van der Waals surface area contributed by atoms with E-state index in [0.717, 1.165) is 13.0 Å². The average molecular weight is 353 g/mol. The van der Waals surface area contributed by atoms with Crippen LogP contribution in [0.1, 0.15) is 13.3 Å². The summed E-state index contributed by atoms with van der Waals surface area (Å²) in [4.78, 5) is 5.11. The zero-order valence-electron chi connectivity index (χ0n) is 13.6. The highest BCUT2D eigenvalue weighted by Crippen LogP contribution is 2.45. The van der Waals surface area contributed by atoms with E-state index in [2.05, 4.69) is 83.9 Å². The van der Waals surface area contributed by atoms with E-state index in [-0.39, 0.29) is 0 Å². The number of nitrogens with zero attached hydrogens (tertiary/aromatic N) is 1. The first kappa shape index (κ1) is 15.7. The molecule has 1 N–H and O–H groups in total. The smallest absolute Gasteiger partial charge is 0.0960 e. The van der Waals surface area contributed by atoms with Gasteiger partial charge in [-0.05, 0) is 36.8 Å².